The van der Waals surface area contributed by atoms with Gasteiger partial charge in [-0.25, -0.2) is 0 Å². The molecule has 1 fully saturated rings. The summed E-state index contributed by atoms with van der Waals surface area (Å²) in [6.45, 7) is 4.84. The molecule has 1 saturated heterocycles. The van der Waals surface area contributed by atoms with Crippen LogP contribution in [0.25, 0.3) is 0 Å². The van der Waals surface area contributed by atoms with E-state index in [0.717, 1.165) is 47.1 Å². The molecule has 0 saturated carbocycles. The van der Waals surface area contributed by atoms with Crippen LogP contribution in [-0.2, 0) is 11.2 Å². The Kier molecular flexibility index (Phi) is 5.07. The molecule has 106 valence electrons. The fourth-order valence-corrected chi connectivity index (χ4v) is 3.34. The van der Waals surface area contributed by atoms with E-state index >= 15 is 0 Å². The smallest absolute Gasteiger partial charge is 0.128 e. The largest absolute Gasteiger partial charge is 0.496 e. The Morgan fingerprint density at radius 1 is 1.58 bits per heavy atom. The number of methoxy groups -OCH3 is 1. The number of ether oxygens (including phenoxy) is 2. The Bertz CT molecular complexity index is 434. The molecule has 5 heteroatoms. The maximum Gasteiger partial charge on any atom is 0.128 e. The number of hydrogen-bond donors (Lipinski definition) is 1. The topological polar surface area (TPSA) is 57.4 Å². The molecule has 0 aliphatic carbocycles. The number of aryl methyl sites for hydroxylation is 1. The molecule has 1 aromatic heterocycles. The maximum atomic E-state index is 6.26. The first-order chi connectivity index (χ1) is 9.13. The van der Waals surface area contributed by atoms with Crippen molar-refractivity contribution in [2.24, 2.45) is 5.73 Å². The monoisotopic (exact) mass is 282 g/mol. The van der Waals surface area contributed by atoms with E-state index in [2.05, 4.69) is 4.98 Å². The molecule has 4 nitrogen and oxygen atoms in total. The highest BCUT2D eigenvalue weighted by atomic mass is 32.2. The average molecular weight is 282 g/mol. The van der Waals surface area contributed by atoms with Crippen LogP contribution in [0.15, 0.2) is 6.20 Å². The normalized spacial score (nSPS) is 21.2. The van der Waals surface area contributed by atoms with Crippen molar-refractivity contribution in [3.8, 4) is 5.75 Å². The van der Waals surface area contributed by atoms with Crippen molar-refractivity contribution in [1.29, 1.82) is 0 Å². The number of nitrogens with two attached hydrogens (primary N) is 1. The molecule has 1 aliphatic rings. The van der Waals surface area contributed by atoms with Gasteiger partial charge in [-0.3, -0.25) is 4.98 Å². The minimum absolute atomic E-state index is 0.00795. The third-order valence-electron chi connectivity index (χ3n) is 3.50. The van der Waals surface area contributed by atoms with Crippen LogP contribution in [0.4, 0.5) is 0 Å². The van der Waals surface area contributed by atoms with Crippen molar-refractivity contribution in [3.63, 3.8) is 0 Å². The third-order valence-corrected chi connectivity index (χ3v) is 4.52. The number of aromatic nitrogens is 1. The second-order valence-electron chi connectivity index (χ2n) is 4.90. The number of pyridine rings is 1. The second kappa shape index (κ2) is 6.59. The third kappa shape index (κ3) is 3.41. The summed E-state index contributed by atoms with van der Waals surface area (Å²) in [6, 6.07) is -0.00795. The molecule has 2 unspecified atom stereocenters. The summed E-state index contributed by atoms with van der Waals surface area (Å²) in [6.07, 6.45) is 2.71. The lowest BCUT2D eigenvalue weighted by atomic mass is 10.0. The highest BCUT2D eigenvalue weighted by Gasteiger charge is 2.23. The summed E-state index contributed by atoms with van der Waals surface area (Å²) in [5, 5.41) is 0. The Balaban J connectivity index is 2.10. The SMILES string of the molecule is COc1c(C)cnc(CC(N)C2CSCCO2)c1C. The van der Waals surface area contributed by atoms with Crippen LogP contribution >= 0.6 is 11.8 Å². The van der Waals surface area contributed by atoms with E-state index in [1.165, 1.54) is 0 Å². The van der Waals surface area contributed by atoms with Gasteiger partial charge >= 0.3 is 0 Å². The van der Waals surface area contributed by atoms with E-state index in [-0.39, 0.29) is 12.1 Å². The summed E-state index contributed by atoms with van der Waals surface area (Å²) in [5.74, 6) is 2.96. The fourth-order valence-electron chi connectivity index (χ4n) is 2.38. The molecule has 0 spiro atoms. The molecule has 2 N–H and O–H groups in total. The van der Waals surface area contributed by atoms with Gasteiger partial charge in [0, 0.05) is 47.0 Å². The molecule has 2 atom stereocenters. The van der Waals surface area contributed by atoms with Gasteiger partial charge in [0.2, 0.25) is 0 Å². The summed E-state index contributed by atoms with van der Waals surface area (Å²) in [5.41, 5.74) is 9.41. The Labute approximate surface area is 119 Å². The summed E-state index contributed by atoms with van der Waals surface area (Å²) in [7, 11) is 1.69. The van der Waals surface area contributed by atoms with E-state index < -0.39 is 0 Å². The number of thioether (sulfide) groups is 1. The predicted molar refractivity (Wildman–Crippen MR) is 79.0 cm³/mol. The van der Waals surface area contributed by atoms with E-state index in [9.17, 15) is 0 Å². The van der Waals surface area contributed by atoms with Crippen LogP contribution in [0.1, 0.15) is 16.8 Å². The average Bonchev–Trinajstić information content (AvgIpc) is 2.43. The van der Waals surface area contributed by atoms with E-state index in [4.69, 9.17) is 15.2 Å². The first-order valence-corrected chi connectivity index (χ1v) is 7.73. The molecule has 1 aliphatic heterocycles. The molecule has 0 aromatic carbocycles. The van der Waals surface area contributed by atoms with Crippen molar-refractivity contribution in [2.75, 3.05) is 25.2 Å². The molecule has 0 bridgehead atoms. The van der Waals surface area contributed by atoms with Crippen molar-refractivity contribution in [2.45, 2.75) is 32.4 Å². The molecular formula is C14H22N2O2S. The van der Waals surface area contributed by atoms with Crippen LogP contribution in [0.2, 0.25) is 0 Å². The standard InChI is InChI=1S/C14H22N2O2S/c1-9-7-16-12(10(2)14(9)17-3)6-11(15)13-8-19-5-4-18-13/h7,11,13H,4-6,8,15H2,1-3H3. The Hall–Kier alpha value is -0.780. The van der Waals surface area contributed by atoms with E-state index in [1.807, 2.05) is 31.8 Å². The first kappa shape index (κ1) is 14.6. The zero-order valence-corrected chi connectivity index (χ0v) is 12.6. The fraction of sp³-hybridized carbons (Fsp3) is 0.643. The summed E-state index contributed by atoms with van der Waals surface area (Å²) >= 11 is 1.91. The van der Waals surface area contributed by atoms with Crippen molar-refractivity contribution >= 4 is 11.8 Å². The van der Waals surface area contributed by atoms with Crippen molar-refractivity contribution in [3.05, 3.63) is 23.0 Å². The minimum Gasteiger partial charge on any atom is -0.496 e. The van der Waals surface area contributed by atoms with Crippen molar-refractivity contribution < 1.29 is 9.47 Å². The lowest BCUT2D eigenvalue weighted by molar-refractivity contribution is 0.0569. The minimum atomic E-state index is -0.00795. The van der Waals surface area contributed by atoms with E-state index in [1.54, 1.807) is 7.11 Å². The second-order valence-corrected chi connectivity index (χ2v) is 6.05. The van der Waals surface area contributed by atoms with Crippen LogP contribution in [0.3, 0.4) is 0 Å². The Morgan fingerprint density at radius 3 is 3.00 bits per heavy atom. The molecule has 1 aromatic rings. The molecule has 0 amide bonds. The number of hydrogen-bond acceptors (Lipinski definition) is 5. The lowest BCUT2D eigenvalue weighted by Crippen LogP contribution is -2.42. The highest BCUT2D eigenvalue weighted by Crippen LogP contribution is 2.25. The van der Waals surface area contributed by atoms with Gasteiger partial charge in [-0.05, 0) is 13.8 Å². The van der Waals surface area contributed by atoms with Crippen LogP contribution in [-0.4, -0.2) is 42.4 Å². The summed E-state index contributed by atoms with van der Waals surface area (Å²) in [4.78, 5) is 4.50. The number of rotatable bonds is 4. The Morgan fingerprint density at radius 2 is 2.37 bits per heavy atom. The highest BCUT2D eigenvalue weighted by molar-refractivity contribution is 7.99. The molecule has 2 heterocycles. The molecule has 2 rings (SSSR count). The zero-order chi connectivity index (χ0) is 13.8. The lowest BCUT2D eigenvalue weighted by Gasteiger charge is -2.28. The van der Waals surface area contributed by atoms with Crippen LogP contribution in [0.5, 0.6) is 5.75 Å². The quantitative estimate of drug-likeness (QED) is 0.911. The van der Waals surface area contributed by atoms with Gasteiger partial charge in [0.05, 0.1) is 19.8 Å². The zero-order valence-electron chi connectivity index (χ0n) is 11.8. The molecular weight excluding hydrogens is 260 g/mol. The van der Waals surface area contributed by atoms with Crippen LogP contribution in [0, 0.1) is 13.8 Å². The van der Waals surface area contributed by atoms with E-state index in [0.29, 0.717) is 0 Å². The summed E-state index contributed by atoms with van der Waals surface area (Å²) < 4.78 is 11.2. The first-order valence-electron chi connectivity index (χ1n) is 6.57. The van der Waals surface area contributed by atoms with Gasteiger partial charge in [-0.2, -0.15) is 11.8 Å². The van der Waals surface area contributed by atoms with Gasteiger partial charge in [-0.15, -0.1) is 0 Å². The van der Waals surface area contributed by atoms with Gasteiger partial charge < -0.3 is 15.2 Å². The molecule has 0 radical (unpaired) electrons. The maximum absolute atomic E-state index is 6.26. The van der Waals surface area contributed by atoms with Gasteiger partial charge in [0.15, 0.2) is 0 Å². The molecule has 19 heavy (non-hydrogen) atoms. The van der Waals surface area contributed by atoms with Crippen LogP contribution < -0.4 is 10.5 Å². The van der Waals surface area contributed by atoms with Gasteiger partial charge in [0.25, 0.3) is 0 Å². The number of nitrogens with zero attached hydrogens (tertiary/aromatic N) is 1. The van der Waals surface area contributed by atoms with Crippen molar-refractivity contribution in [1.82, 2.24) is 4.98 Å². The van der Waals surface area contributed by atoms with Gasteiger partial charge in [-0.1, -0.05) is 0 Å². The van der Waals surface area contributed by atoms with Gasteiger partial charge in [0.1, 0.15) is 5.75 Å². The predicted octanol–water partition coefficient (Wildman–Crippen LogP) is 1.71.